The maximum atomic E-state index is 15.4. The molecule has 1 aromatic carbocycles. The van der Waals surface area contributed by atoms with Crippen LogP contribution in [0.2, 0.25) is 0 Å². The van der Waals surface area contributed by atoms with Gasteiger partial charge >= 0.3 is 6.09 Å². The van der Waals surface area contributed by atoms with Crippen molar-refractivity contribution >= 4 is 34.1 Å². The predicted molar refractivity (Wildman–Crippen MR) is 124 cm³/mol. The molecule has 5 N–H and O–H groups in total. The Kier molecular flexibility index (Phi) is 5.37. The number of aromatic nitrogens is 2. The topological polar surface area (TPSA) is 126 Å². The number of carbonyl (C=O) groups is 1. The number of ether oxygens (including phenoxy) is 1. The van der Waals surface area contributed by atoms with Gasteiger partial charge in [-0.2, -0.15) is 0 Å². The minimum Gasteiger partial charge on any atom is -0.474 e. The molecule has 1 fully saturated rings. The fourth-order valence-corrected chi connectivity index (χ4v) is 4.60. The van der Waals surface area contributed by atoms with Gasteiger partial charge in [-0.1, -0.05) is 0 Å². The Morgan fingerprint density at radius 2 is 2.12 bits per heavy atom. The quantitative estimate of drug-likeness (QED) is 0.446. The normalized spacial score (nSPS) is 17.7. The van der Waals surface area contributed by atoms with E-state index in [1.807, 2.05) is 6.92 Å². The van der Waals surface area contributed by atoms with Crippen molar-refractivity contribution in [2.45, 2.75) is 25.8 Å². The van der Waals surface area contributed by atoms with Crippen molar-refractivity contribution in [2.75, 3.05) is 42.2 Å². The Hall–Kier alpha value is -3.66. The van der Waals surface area contributed by atoms with E-state index in [-0.39, 0.29) is 17.5 Å². The summed E-state index contributed by atoms with van der Waals surface area (Å²) < 4.78 is 20.9. The highest BCUT2D eigenvalue weighted by atomic mass is 19.1. The number of nitrogens with zero attached hydrogens (tertiary/aromatic N) is 3. The van der Waals surface area contributed by atoms with E-state index in [2.05, 4.69) is 20.6 Å². The average molecular weight is 452 g/mol. The van der Waals surface area contributed by atoms with E-state index in [9.17, 15) is 9.90 Å². The number of nitrogens with two attached hydrogens (primary N) is 1. The third-order valence-corrected chi connectivity index (χ3v) is 6.31. The van der Waals surface area contributed by atoms with Crippen molar-refractivity contribution in [3.05, 3.63) is 35.9 Å². The molecule has 0 bridgehead atoms. The Balaban J connectivity index is 1.63. The molecular weight excluding hydrogens is 427 g/mol. The second kappa shape index (κ2) is 8.36. The molecule has 1 amide bonds. The molecule has 3 aromatic rings. The maximum absolute atomic E-state index is 15.4. The molecule has 10 heteroatoms. The lowest BCUT2D eigenvalue weighted by Gasteiger charge is -2.32. The molecule has 0 aliphatic carbocycles. The molecule has 1 atom stereocenters. The van der Waals surface area contributed by atoms with Crippen LogP contribution in [0.5, 0.6) is 5.88 Å². The van der Waals surface area contributed by atoms with E-state index in [0.29, 0.717) is 47.5 Å². The zero-order valence-corrected chi connectivity index (χ0v) is 18.2. The lowest BCUT2D eigenvalue weighted by Crippen LogP contribution is -2.48. The van der Waals surface area contributed by atoms with Crippen molar-refractivity contribution in [2.24, 2.45) is 0 Å². The van der Waals surface area contributed by atoms with Crippen molar-refractivity contribution in [3.63, 3.8) is 0 Å². The number of fused-ring (bicyclic) bond motifs is 2. The number of rotatable bonds is 3. The summed E-state index contributed by atoms with van der Waals surface area (Å²) in [6.45, 7) is 4.44. The number of anilines is 3. The highest BCUT2D eigenvalue weighted by Gasteiger charge is 2.28. The predicted octanol–water partition coefficient (Wildman–Crippen LogP) is 3.37. The average Bonchev–Trinajstić information content (AvgIpc) is 2.83. The molecule has 2 aliphatic heterocycles. The molecule has 0 saturated carbocycles. The molecule has 4 heterocycles. The van der Waals surface area contributed by atoms with Gasteiger partial charge in [0.05, 0.1) is 11.7 Å². The third kappa shape index (κ3) is 3.66. The van der Waals surface area contributed by atoms with E-state index in [1.165, 1.54) is 11.1 Å². The van der Waals surface area contributed by atoms with Gasteiger partial charge in [-0.05, 0) is 49.4 Å². The molecule has 0 radical (unpaired) electrons. The van der Waals surface area contributed by atoms with Crippen molar-refractivity contribution in [1.29, 1.82) is 0 Å². The summed E-state index contributed by atoms with van der Waals surface area (Å²) in [6, 6.07) is 3.10. The number of nitrogens with one attached hydrogen (secondary N) is 2. The number of nitrogen functional groups attached to an aromatic ring is 1. The smallest absolute Gasteiger partial charge is 0.413 e. The zero-order chi connectivity index (χ0) is 23.1. The van der Waals surface area contributed by atoms with Crippen LogP contribution in [-0.4, -0.2) is 53.5 Å². The summed E-state index contributed by atoms with van der Waals surface area (Å²) in [7, 11) is 0. The summed E-state index contributed by atoms with van der Waals surface area (Å²) >= 11 is 0. The number of amides is 1. The number of hydrogen-bond acceptors (Lipinski definition) is 7. The van der Waals surface area contributed by atoms with Crippen molar-refractivity contribution in [1.82, 2.24) is 15.3 Å². The number of benzene rings is 1. The number of pyridine rings is 2. The number of piperidine rings is 1. The van der Waals surface area contributed by atoms with Crippen molar-refractivity contribution < 1.29 is 19.0 Å². The highest BCUT2D eigenvalue weighted by molar-refractivity contribution is 5.99. The lowest BCUT2D eigenvalue weighted by molar-refractivity contribution is 0.197. The minimum atomic E-state index is -1.08. The Bertz CT molecular complexity index is 1240. The van der Waals surface area contributed by atoms with Gasteiger partial charge in [0, 0.05) is 42.0 Å². The van der Waals surface area contributed by atoms with Crippen LogP contribution in [-0.2, 0) is 0 Å². The van der Waals surface area contributed by atoms with Gasteiger partial charge in [0.25, 0.3) is 0 Å². The Morgan fingerprint density at radius 3 is 2.88 bits per heavy atom. The van der Waals surface area contributed by atoms with Gasteiger partial charge in [0.1, 0.15) is 18.1 Å². The third-order valence-electron chi connectivity index (χ3n) is 6.31. The second-order valence-electron chi connectivity index (χ2n) is 8.32. The summed E-state index contributed by atoms with van der Waals surface area (Å²) in [4.78, 5) is 22.0. The molecule has 1 unspecified atom stereocenters. The van der Waals surface area contributed by atoms with Gasteiger partial charge in [-0.3, -0.25) is 4.90 Å². The Labute approximate surface area is 189 Å². The largest absolute Gasteiger partial charge is 0.474 e. The van der Waals surface area contributed by atoms with Crippen LogP contribution in [0.3, 0.4) is 0 Å². The van der Waals surface area contributed by atoms with E-state index in [1.54, 1.807) is 18.3 Å². The Morgan fingerprint density at radius 1 is 1.27 bits per heavy atom. The molecule has 1 saturated heterocycles. The fraction of sp³-hybridized carbons (Fsp3) is 0.348. The summed E-state index contributed by atoms with van der Waals surface area (Å²) in [6.07, 6.45) is 3.56. The highest BCUT2D eigenvalue weighted by Crippen LogP contribution is 2.40. The van der Waals surface area contributed by atoms with Gasteiger partial charge in [-0.15, -0.1) is 0 Å². The molecular formula is C23H25FN6O3. The van der Waals surface area contributed by atoms with Gasteiger partial charge < -0.3 is 26.2 Å². The molecule has 33 heavy (non-hydrogen) atoms. The zero-order valence-electron chi connectivity index (χ0n) is 18.2. The van der Waals surface area contributed by atoms with Crippen LogP contribution in [0.4, 0.5) is 26.4 Å². The summed E-state index contributed by atoms with van der Waals surface area (Å²) in [5.41, 5.74) is 8.52. The van der Waals surface area contributed by atoms with E-state index < -0.39 is 11.9 Å². The molecule has 5 rings (SSSR count). The van der Waals surface area contributed by atoms with Crippen LogP contribution < -0.4 is 26.0 Å². The first-order valence-electron chi connectivity index (χ1n) is 10.9. The van der Waals surface area contributed by atoms with E-state index in [0.717, 1.165) is 30.6 Å². The summed E-state index contributed by atoms with van der Waals surface area (Å²) in [5.74, 6) is 0.211. The van der Waals surface area contributed by atoms with E-state index >= 15 is 4.39 Å². The SMILES string of the molecule is Cc1c(-c2cc3cc(N(C(=O)O)C4CCCNC4)ncc3c(N)c2F)cnc2c1NCCO2. The molecule has 2 aliphatic rings. The maximum Gasteiger partial charge on any atom is 0.413 e. The number of halogens is 1. The van der Waals surface area contributed by atoms with Crippen LogP contribution in [0.1, 0.15) is 18.4 Å². The monoisotopic (exact) mass is 452 g/mol. The molecule has 2 aromatic heterocycles. The van der Waals surface area contributed by atoms with Crippen LogP contribution in [0, 0.1) is 12.7 Å². The fourth-order valence-electron chi connectivity index (χ4n) is 4.60. The van der Waals surface area contributed by atoms with Crippen LogP contribution >= 0.6 is 0 Å². The molecule has 0 spiro atoms. The lowest BCUT2D eigenvalue weighted by atomic mass is 9.97. The second-order valence-corrected chi connectivity index (χ2v) is 8.32. The van der Waals surface area contributed by atoms with Crippen LogP contribution in [0.15, 0.2) is 24.5 Å². The van der Waals surface area contributed by atoms with Gasteiger partial charge in [0.2, 0.25) is 5.88 Å². The first-order chi connectivity index (χ1) is 16.0. The standard InChI is InChI=1S/C23H25FN6O3/c1-12-16(10-29-22-21(12)27-5-6-33-22)15-7-13-8-18(28-11-17(13)20(25)19(15)24)30(23(31)32)14-3-2-4-26-9-14/h7-8,10-11,14,26-27H,2-6,9,25H2,1H3,(H,31,32). The number of hydrogen-bond donors (Lipinski definition) is 4. The van der Waals surface area contributed by atoms with Gasteiger partial charge in [0.15, 0.2) is 5.82 Å². The minimum absolute atomic E-state index is 0.0379. The first-order valence-corrected chi connectivity index (χ1v) is 10.9. The van der Waals surface area contributed by atoms with E-state index in [4.69, 9.17) is 10.5 Å². The van der Waals surface area contributed by atoms with Gasteiger partial charge in [-0.25, -0.2) is 19.2 Å². The molecule has 172 valence electrons. The summed E-state index contributed by atoms with van der Waals surface area (Å²) in [5, 5.41) is 17.4. The van der Waals surface area contributed by atoms with Crippen LogP contribution in [0.25, 0.3) is 21.9 Å². The molecule has 9 nitrogen and oxygen atoms in total. The number of carboxylic acid groups (broad SMARTS) is 1. The van der Waals surface area contributed by atoms with Crippen molar-refractivity contribution in [3.8, 4) is 17.0 Å². The first kappa shape index (κ1) is 21.2.